The molecular weight excluding hydrogens is 486 g/mol. The number of benzene rings is 2. The number of fused-ring (bicyclic) bond motifs is 1. The highest BCUT2D eigenvalue weighted by Crippen LogP contribution is 2.31. The fourth-order valence-corrected chi connectivity index (χ4v) is 4.92. The number of amides is 1. The van der Waals surface area contributed by atoms with E-state index in [1.54, 1.807) is 18.3 Å². The quantitative estimate of drug-likeness (QED) is 0.302. The highest BCUT2D eigenvalue weighted by atomic mass is 16.1. The van der Waals surface area contributed by atoms with E-state index in [-0.39, 0.29) is 13.3 Å². The van der Waals surface area contributed by atoms with E-state index in [4.69, 9.17) is 15.7 Å². The molecular formula is C31H33N7O. The second-order valence-electron chi connectivity index (χ2n) is 9.48. The molecule has 6 rings (SSSR count). The van der Waals surface area contributed by atoms with Gasteiger partial charge < -0.3 is 16.0 Å². The van der Waals surface area contributed by atoms with E-state index in [0.717, 1.165) is 46.9 Å². The van der Waals surface area contributed by atoms with Gasteiger partial charge in [0, 0.05) is 37.1 Å². The molecule has 0 aliphatic carbocycles. The first-order valence-corrected chi connectivity index (χ1v) is 13.0. The van der Waals surface area contributed by atoms with Crippen LogP contribution in [0.5, 0.6) is 0 Å². The number of nitrogen functional groups attached to an aromatic ring is 1. The van der Waals surface area contributed by atoms with Crippen LogP contribution in [0.1, 0.15) is 42.6 Å². The van der Waals surface area contributed by atoms with Gasteiger partial charge in [-0.25, -0.2) is 15.0 Å². The maximum absolute atomic E-state index is 12.5. The van der Waals surface area contributed by atoms with E-state index >= 15 is 0 Å². The Kier molecular flexibility index (Phi) is 7.54. The minimum absolute atomic E-state index is 0. The Morgan fingerprint density at radius 2 is 1.64 bits per heavy atom. The number of piperidine rings is 1. The molecule has 0 atom stereocenters. The Morgan fingerprint density at radius 3 is 2.38 bits per heavy atom. The van der Waals surface area contributed by atoms with E-state index in [9.17, 15) is 4.79 Å². The van der Waals surface area contributed by atoms with Gasteiger partial charge >= 0.3 is 0 Å². The first-order valence-electron chi connectivity index (χ1n) is 13.0. The third kappa shape index (κ3) is 5.31. The van der Waals surface area contributed by atoms with Crippen LogP contribution >= 0.6 is 0 Å². The van der Waals surface area contributed by atoms with Crippen molar-refractivity contribution < 1.29 is 4.79 Å². The lowest BCUT2D eigenvalue weighted by molar-refractivity contribution is 0.0951. The zero-order valence-electron chi connectivity index (χ0n) is 21.0. The molecule has 0 bridgehead atoms. The molecule has 198 valence electrons. The average Bonchev–Trinajstić information content (AvgIpc) is 3.36. The summed E-state index contributed by atoms with van der Waals surface area (Å²) in [5.74, 6) is 1.97. The van der Waals surface area contributed by atoms with Crippen molar-refractivity contribution in [2.45, 2.75) is 33.2 Å². The molecule has 1 aliphatic heterocycles. The minimum Gasteiger partial charge on any atom is -0.383 e. The van der Waals surface area contributed by atoms with Crippen molar-refractivity contribution in [1.82, 2.24) is 24.8 Å². The van der Waals surface area contributed by atoms with Crippen molar-refractivity contribution >= 4 is 28.7 Å². The van der Waals surface area contributed by atoms with E-state index in [2.05, 4.69) is 21.3 Å². The average molecular weight is 520 g/mol. The maximum atomic E-state index is 12.5. The Hall–Kier alpha value is -4.72. The summed E-state index contributed by atoms with van der Waals surface area (Å²) in [5.41, 5.74) is 11.1. The summed E-state index contributed by atoms with van der Waals surface area (Å²) < 4.78 is 2.04. The van der Waals surface area contributed by atoms with Crippen LogP contribution in [0.15, 0.2) is 85.1 Å². The molecule has 1 amide bonds. The molecule has 3 N–H and O–H groups in total. The molecule has 8 nitrogen and oxygen atoms in total. The largest absolute Gasteiger partial charge is 0.383 e. The van der Waals surface area contributed by atoms with Gasteiger partial charge in [-0.1, -0.05) is 37.8 Å². The topological polar surface area (TPSA) is 102 Å². The van der Waals surface area contributed by atoms with Crippen molar-refractivity contribution in [1.29, 1.82) is 0 Å². The van der Waals surface area contributed by atoms with Crippen LogP contribution < -0.4 is 16.0 Å². The number of hydrogen-bond acceptors (Lipinski definition) is 6. The number of aromatic nitrogens is 4. The molecule has 0 radical (unpaired) electrons. The molecule has 2 aromatic carbocycles. The van der Waals surface area contributed by atoms with Crippen LogP contribution in [-0.2, 0) is 6.54 Å². The number of nitrogens with zero attached hydrogens (tertiary/aromatic N) is 5. The highest BCUT2D eigenvalue weighted by Gasteiger charge is 2.20. The van der Waals surface area contributed by atoms with E-state index < -0.39 is 0 Å². The number of carbonyl (C=O) groups is 1. The maximum Gasteiger partial charge on any atom is 0.251 e. The molecule has 0 spiro atoms. The number of carbonyl (C=O) groups excluding carboxylic acids is 1. The van der Waals surface area contributed by atoms with E-state index in [1.807, 2.05) is 65.2 Å². The van der Waals surface area contributed by atoms with E-state index in [0.29, 0.717) is 23.8 Å². The molecule has 3 aromatic heterocycles. The van der Waals surface area contributed by atoms with E-state index in [1.165, 1.54) is 19.3 Å². The summed E-state index contributed by atoms with van der Waals surface area (Å²) in [6, 6.07) is 25.2. The van der Waals surface area contributed by atoms with Gasteiger partial charge in [0.25, 0.3) is 5.91 Å². The predicted molar refractivity (Wildman–Crippen MR) is 157 cm³/mol. The summed E-state index contributed by atoms with van der Waals surface area (Å²) in [6.45, 7) is 2.45. The third-order valence-corrected chi connectivity index (χ3v) is 6.93. The summed E-state index contributed by atoms with van der Waals surface area (Å²) in [4.78, 5) is 29.1. The standard InChI is InChI=1S/C30H29N7O.CH4/c31-27-24(10-7-17-32-27)28-34-25-15-16-26(36-18-5-2-6-19-36)35-29(25)37(28)23-13-11-21(12-14-23)20-33-30(38)22-8-3-1-4-9-22;/h1,3-4,7-17H,2,5-6,18-20H2,(H2,31,32)(H,33,38);1H4. The van der Waals surface area contributed by atoms with Gasteiger partial charge in [0.1, 0.15) is 17.2 Å². The molecule has 0 unspecified atom stereocenters. The summed E-state index contributed by atoms with van der Waals surface area (Å²) in [7, 11) is 0. The second-order valence-corrected chi connectivity index (χ2v) is 9.48. The van der Waals surface area contributed by atoms with Crippen molar-refractivity contribution in [2.24, 2.45) is 0 Å². The number of pyridine rings is 2. The first kappa shape index (κ1) is 25.9. The van der Waals surface area contributed by atoms with Crippen LogP contribution in [0.25, 0.3) is 28.2 Å². The highest BCUT2D eigenvalue weighted by molar-refractivity contribution is 5.94. The fourth-order valence-electron chi connectivity index (χ4n) is 4.92. The van der Waals surface area contributed by atoms with Crippen LogP contribution in [0, 0.1) is 0 Å². The molecule has 0 saturated carbocycles. The zero-order chi connectivity index (χ0) is 25.9. The lowest BCUT2D eigenvalue weighted by Crippen LogP contribution is -2.30. The number of hydrogen-bond donors (Lipinski definition) is 2. The van der Waals surface area contributed by atoms with Gasteiger partial charge in [-0.3, -0.25) is 9.36 Å². The van der Waals surface area contributed by atoms with Gasteiger partial charge in [-0.2, -0.15) is 0 Å². The summed E-state index contributed by atoms with van der Waals surface area (Å²) in [5, 5.41) is 2.99. The predicted octanol–water partition coefficient (Wildman–Crippen LogP) is 5.62. The fraction of sp³-hybridized carbons (Fsp3) is 0.226. The SMILES string of the molecule is C.Nc1ncccc1-c1nc2ccc(N3CCCCC3)nc2n1-c1ccc(CNC(=O)c2ccccc2)cc1. The Bertz CT molecular complexity index is 1570. The second kappa shape index (κ2) is 11.3. The van der Waals surface area contributed by atoms with Gasteiger partial charge in [0.2, 0.25) is 0 Å². The lowest BCUT2D eigenvalue weighted by atomic mass is 10.1. The van der Waals surface area contributed by atoms with Gasteiger partial charge in [-0.05, 0) is 73.4 Å². The Morgan fingerprint density at radius 1 is 0.872 bits per heavy atom. The molecule has 8 heteroatoms. The van der Waals surface area contributed by atoms with Gasteiger partial charge in [0.15, 0.2) is 11.5 Å². The number of anilines is 2. The number of imidazole rings is 1. The smallest absolute Gasteiger partial charge is 0.251 e. The van der Waals surface area contributed by atoms with Gasteiger partial charge in [-0.15, -0.1) is 0 Å². The molecule has 1 aliphatic rings. The number of nitrogens with one attached hydrogen (secondary N) is 1. The van der Waals surface area contributed by atoms with Crippen molar-refractivity contribution in [3.05, 3.63) is 96.2 Å². The normalized spacial score (nSPS) is 13.2. The van der Waals surface area contributed by atoms with Crippen LogP contribution in [0.3, 0.4) is 0 Å². The summed E-state index contributed by atoms with van der Waals surface area (Å²) in [6.07, 6.45) is 5.30. The molecule has 1 saturated heterocycles. The van der Waals surface area contributed by atoms with Crippen LogP contribution in [0.2, 0.25) is 0 Å². The van der Waals surface area contributed by atoms with Crippen molar-refractivity contribution in [3.8, 4) is 17.1 Å². The molecule has 39 heavy (non-hydrogen) atoms. The third-order valence-electron chi connectivity index (χ3n) is 6.93. The number of nitrogens with two attached hydrogens (primary N) is 1. The monoisotopic (exact) mass is 519 g/mol. The summed E-state index contributed by atoms with van der Waals surface area (Å²) >= 11 is 0. The van der Waals surface area contributed by atoms with Crippen LogP contribution in [-0.4, -0.2) is 38.5 Å². The first-order chi connectivity index (χ1) is 18.7. The van der Waals surface area contributed by atoms with Gasteiger partial charge in [0.05, 0.1) is 5.56 Å². The lowest BCUT2D eigenvalue weighted by Gasteiger charge is -2.27. The Balaban J connectivity index is 0.00000308. The zero-order valence-corrected chi connectivity index (χ0v) is 21.0. The van der Waals surface area contributed by atoms with Crippen LogP contribution in [0.4, 0.5) is 11.6 Å². The number of rotatable bonds is 6. The van der Waals surface area contributed by atoms with Crippen molar-refractivity contribution in [2.75, 3.05) is 23.7 Å². The molecule has 5 aromatic rings. The van der Waals surface area contributed by atoms with Crippen molar-refractivity contribution in [3.63, 3.8) is 0 Å². The minimum atomic E-state index is -0.0981. The Labute approximate surface area is 228 Å². The molecule has 4 heterocycles. The molecule has 1 fully saturated rings.